The van der Waals surface area contributed by atoms with E-state index in [1.807, 2.05) is 0 Å². The van der Waals surface area contributed by atoms with Crippen molar-refractivity contribution in [2.24, 2.45) is 0 Å². The van der Waals surface area contributed by atoms with E-state index < -0.39 is 29.9 Å². The summed E-state index contributed by atoms with van der Waals surface area (Å²) in [6.07, 6.45) is 1.37. The molecule has 2 unspecified atom stereocenters. The number of hydrogen-bond acceptors (Lipinski definition) is 5. The zero-order chi connectivity index (χ0) is 23.8. The van der Waals surface area contributed by atoms with Crippen LogP contribution in [0.2, 0.25) is 0 Å². The molecule has 1 aromatic carbocycles. The van der Waals surface area contributed by atoms with E-state index in [1.165, 1.54) is 30.6 Å². The van der Waals surface area contributed by atoms with Crippen LogP contribution < -0.4 is 5.32 Å². The number of amides is 1. The number of nitrogens with zero attached hydrogens (tertiary/aromatic N) is 3. The summed E-state index contributed by atoms with van der Waals surface area (Å²) in [7, 11) is 0. The number of anilines is 1. The Balaban J connectivity index is 1.53. The van der Waals surface area contributed by atoms with Crippen LogP contribution in [0.3, 0.4) is 0 Å². The van der Waals surface area contributed by atoms with E-state index in [0.717, 1.165) is 6.20 Å². The fraction of sp³-hybridized carbons (Fsp3) is 0.208. The molecule has 3 aromatic heterocycles. The molecule has 2 atom stereocenters. The summed E-state index contributed by atoms with van der Waals surface area (Å²) < 4.78 is 54.4. The van der Waals surface area contributed by atoms with Gasteiger partial charge < -0.3 is 19.0 Å². The number of hydrogen-bond donors (Lipinski definition) is 1. The molecule has 5 rings (SSSR count). The van der Waals surface area contributed by atoms with Crippen LogP contribution in [0.25, 0.3) is 22.7 Å². The van der Waals surface area contributed by atoms with Crippen LogP contribution in [0.4, 0.5) is 18.9 Å². The summed E-state index contributed by atoms with van der Waals surface area (Å²) in [4.78, 5) is 21.0. The third-order valence-corrected chi connectivity index (χ3v) is 5.57. The molecule has 0 bridgehead atoms. The highest BCUT2D eigenvalue weighted by Gasteiger charge is 2.33. The van der Waals surface area contributed by atoms with Gasteiger partial charge in [0.1, 0.15) is 11.5 Å². The lowest BCUT2D eigenvalue weighted by atomic mass is 10.1. The van der Waals surface area contributed by atoms with Gasteiger partial charge in [0, 0.05) is 11.3 Å². The van der Waals surface area contributed by atoms with Crippen LogP contribution in [0.15, 0.2) is 59.4 Å². The Morgan fingerprint density at radius 1 is 1.15 bits per heavy atom. The number of nitrogens with one attached hydrogen (secondary N) is 1. The number of halogens is 3. The highest BCUT2D eigenvalue weighted by Crippen LogP contribution is 2.38. The average molecular weight is 468 g/mol. The Bertz CT molecular complexity index is 1350. The average Bonchev–Trinajstić information content (AvgIpc) is 3.55. The Morgan fingerprint density at radius 2 is 1.94 bits per heavy atom. The van der Waals surface area contributed by atoms with Crippen LogP contribution in [0.1, 0.15) is 28.7 Å². The van der Waals surface area contributed by atoms with E-state index in [0.29, 0.717) is 29.1 Å². The van der Waals surface area contributed by atoms with Gasteiger partial charge in [0.2, 0.25) is 6.36 Å². The van der Waals surface area contributed by atoms with Crippen LogP contribution in [0, 0.1) is 18.6 Å². The minimum atomic E-state index is -1.54. The summed E-state index contributed by atoms with van der Waals surface area (Å²) in [6.45, 7) is 1.92. The van der Waals surface area contributed by atoms with E-state index >= 15 is 0 Å². The van der Waals surface area contributed by atoms with Crippen LogP contribution >= 0.6 is 0 Å². The van der Waals surface area contributed by atoms with Gasteiger partial charge in [0.15, 0.2) is 17.3 Å². The molecule has 10 heteroatoms. The van der Waals surface area contributed by atoms with Crippen LogP contribution in [-0.4, -0.2) is 33.4 Å². The maximum Gasteiger partial charge on any atom is 0.291 e. The fourth-order valence-corrected chi connectivity index (χ4v) is 3.89. The minimum Gasteiger partial charge on any atom is -0.449 e. The second-order valence-electron chi connectivity index (χ2n) is 7.86. The first-order valence-corrected chi connectivity index (χ1v) is 10.5. The molecular formula is C24H19F3N4O3. The molecule has 1 saturated heterocycles. The topological polar surface area (TPSA) is 82.2 Å². The molecule has 0 spiro atoms. The number of carbonyl (C=O) groups excluding carboxylic acids is 1. The monoisotopic (exact) mass is 468 g/mol. The largest absolute Gasteiger partial charge is 0.449 e. The first-order chi connectivity index (χ1) is 16.4. The van der Waals surface area contributed by atoms with Gasteiger partial charge in [0.05, 0.1) is 36.6 Å². The van der Waals surface area contributed by atoms with Gasteiger partial charge >= 0.3 is 0 Å². The highest BCUT2D eigenvalue weighted by molar-refractivity contribution is 6.02. The van der Waals surface area contributed by atoms with Crippen molar-refractivity contribution < 1.29 is 27.1 Å². The normalized spacial score (nSPS) is 17.8. The van der Waals surface area contributed by atoms with Crippen molar-refractivity contribution in [2.75, 3.05) is 11.9 Å². The molecule has 7 nitrogen and oxygen atoms in total. The zero-order valence-electron chi connectivity index (χ0n) is 18.0. The van der Waals surface area contributed by atoms with Gasteiger partial charge in [-0.15, -0.1) is 0 Å². The molecule has 0 saturated carbocycles. The van der Waals surface area contributed by atoms with Gasteiger partial charge in [-0.05, 0) is 55.8 Å². The molecule has 1 fully saturated rings. The number of rotatable bonds is 5. The van der Waals surface area contributed by atoms with Crippen LogP contribution in [-0.2, 0) is 4.74 Å². The van der Waals surface area contributed by atoms with Crippen molar-refractivity contribution in [3.05, 3.63) is 78.1 Å². The standard InChI is InChI=1S/C24H19F3N4O3/c1-13-10-17(16(26)11-28-13)30-24(32)20-7-6-19(34-20)22-21(14-2-4-15(25)5-3-14)29-12-31(22)18-8-9-33-23(18)27/h2-7,10-12,18,23H,8-9H2,1H3,(H,28,30,32). The molecule has 174 valence electrons. The first kappa shape index (κ1) is 21.9. The Kier molecular flexibility index (Phi) is 5.66. The molecule has 1 N–H and O–H groups in total. The second kappa shape index (κ2) is 8.79. The van der Waals surface area contributed by atoms with E-state index in [2.05, 4.69) is 15.3 Å². The Hall–Kier alpha value is -3.92. The fourth-order valence-electron chi connectivity index (χ4n) is 3.89. The summed E-state index contributed by atoms with van der Waals surface area (Å²) in [6, 6.07) is 9.42. The van der Waals surface area contributed by atoms with Gasteiger partial charge in [-0.25, -0.2) is 18.2 Å². The number of aryl methyl sites for hydroxylation is 1. The predicted molar refractivity (Wildman–Crippen MR) is 117 cm³/mol. The SMILES string of the molecule is Cc1cc(NC(=O)c2ccc(-c3c(-c4ccc(F)cc4)ncn3C3CCOC3F)o2)c(F)cn1. The number of ether oxygens (including phenoxy) is 1. The van der Waals surface area contributed by atoms with Gasteiger partial charge in [-0.3, -0.25) is 9.78 Å². The minimum absolute atomic E-state index is 0.0316. The number of furan rings is 1. The van der Waals surface area contributed by atoms with Crippen molar-refractivity contribution >= 4 is 11.6 Å². The smallest absolute Gasteiger partial charge is 0.291 e. The van der Waals surface area contributed by atoms with Crippen molar-refractivity contribution in [1.29, 1.82) is 0 Å². The van der Waals surface area contributed by atoms with Crippen molar-refractivity contribution in [1.82, 2.24) is 14.5 Å². The second-order valence-corrected chi connectivity index (χ2v) is 7.86. The van der Waals surface area contributed by atoms with Crippen LogP contribution in [0.5, 0.6) is 0 Å². The summed E-state index contributed by atoms with van der Waals surface area (Å²) in [5, 5.41) is 2.46. The summed E-state index contributed by atoms with van der Waals surface area (Å²) >= 11 is 0. The molecule has 0 radical (unpaired) electrons. The first-order valence-electron chi connectivity index (χ1n) is 10.5. The Morgan fingerprint density at radius 3 is 2.68 bits per heavy atom. The van der Waals surface area contributed by atoms with E-state index in [4.69, 9.17) is 9.15 Å². The summed E-state index contributed by atoms with van der Waals surface area (Å²) in [5.41, 5.74) is 1.92. The third kappa shape index (κ3) is 4.08. The predicted octanol–water partition coefficient (Wildman–Crippen LogP) is 5.30. The highest BCUT2D eigenvalue weighted by atomic mass is 19.1. The van der Waals surface area contributed by atoms with Gasteiger partial charge in [-0.1, -0.05) is 0 Å². The number of aromatic nitrogens is 3. The molecule has 4 heterocycles. The maximum absolute atomic E-state index is 14.4. The van der Waals surface area contributed by atoms with Crippen molar-refractivity contribution in [3.63, 3.8) is 0 Å². The quantitative estimate of drug-likeness (QED) is 0.430. The van der Waals surface area contributed by atoms with E-state index in [1.54, 1.807) is 29.7 Å². The van der Waals surface area contributed by atoms with Crippen molar-refractivity contribution in [3.8, 4) is 22.7 Å². The van der Waals surface area contributed by atoms with E-state index in [-0.39, 0.29) is 23.8 Å². The molecule has 0 aliphatic carbocycles. The van der Waals surface area contributed by atoms with Crippen molar-refractivity contribution in [2.45, 2.75) is 25.7 Å². The third-order valence-electron chi connectivity index (χ3n) is 5.57. The lowest BCUT2D eigenvalue weighted by Gasteiger charge is -2.16. The number of carbonyl (C=O) groups is 1. The maximum atomic E-state index is 14.4. The molecule has 1 amide bonds. The molecular weight excluding hydrogens is 449 g/mol. The number of alkyl halides is 1. The molecule has 4 aromatic rings. The number of pyridine rings is 1. The Labute approximate surface area is 192 Å². The lowest BCUT2D eigenvalue weighted by molar-refractivity contribution is -0.0110. The van der Waals surface area contributed by atoms with Gasteiger partial charge in [0.25, 0.3) is 5.91 Å². The van der Waals surface area contributed by atoms with Gasteiger partial charge in [-0.2, -0.15) is 0 Å². The zero-order valence-corrected chi connectivity index (χ0v) is 18.0. The number of benzene rings is 1. The summed E-state index contributed by atoms with van der Waals surface area (Å²) in [5.74, 6) is -1.60. The molecule has 34 heavy (non-hydrogen) atoms. The molecule has 1 aliphatic heterocycles. The van der Waals surface area contributed by atoms with E-state index in [9.17, 15) is 18.0 Å². The molecule has 1 aliphatic rings. The lowest BCUT2D eigenvalue weighted by Crippen LogP contribution is -2.16. The number of imidazole rings is 1.